The molecule has 0 spiro atoms. The van der Waals surface area contributed by atoms with Crippen LogP contribution < -0.4 is 9.47 Å². The van der Waals surface area contributed by atoms with E-state index in [2.05, 4.69) is 15.0 Å². The number of para-hydroxylation sites is 1. The van der Waals surface area contributed by atoms with E-state index in [0.717, 1.165) is 5.52 Å². The smallest absolute Gasteiger partial charge is 0.204 e. The van der Waals surface area contributed by atoms with Gasteiger partial charge in [0.15, 0.2) is 0 Å². The summed E-state index contributed by atoms with van der Waals surface area (Å²) in [6.07, 6.45) is 5.44. The highest BCUT2D eigenvalue weighted by molar-refractivity contribution is 7.84. The average molecular weight is 355 g/mol. The number of fused-ring (bicyclic) bond motifs is 2. The van der Waals surface area contributed by atoms with Crippen LogP contribution in [0.3, 0.4) is 0 Å². The van der Waals surface area contributed by atoms with Gasteiger partial charge in [-0.2, -0.15) is 0 Å². The number of nitrogens with one attached hydrogen (secondary N) is 1. The molecule has 3 aromatic rings. The molecule has 2 aromatic heterocycles. The quantitative estimate of drug-likeness (QED) is 0.780. The van der Waals surface area contributed by atoms with Gasteiger partial charge in [0, 0.05) is 6.20 Å². The summed E-state index contributed by atoms with van der Waals surface area (Å²) in [4.78, 5) is 11.9. The fourth-order valence-electron chi connectivity index (χ4n) is 2.76. The SMILES string of the molecule is COc1cccc2[nH]c(S(=O)c3nccc4c3C=CC(C)(C)O4)nc12. The van der Waals surface area contributed by atoms with Crippen LogP contribution in [-0.2, 0) is 10.8 Å². The summed E-state index contributed by atoms with van der Waals surface area (Å²) in [6, 6.07) is 7.32. The van der Waals surface area contributed by atoms with Crippen LogP contribution in [0.25, 0.3) is 17.1 Å². The Morgan fingerprint density at radius 1 is 1.28 bits per heavy atom. The van der Waals surface area contributed by atoms with E-state index in [9.17, 15) is 4.21 Å². The van der Waals surface area contributed by atoms with Crippen LogP contribution in [0.15, 0.2) is 46.7 Å². The van der Waals surface area contributed by atoms with Crippen LogP contribution in [0.2, 0.25) is 0 Å². The molecule has 4 rings (SSSR count). The first-order valence-electron chi connectivity index (χ1n) is 7.80. The van der Waals surface area contributed by atoms with Gasteiger partial charge in [-0.3, -0.25) is 0 Å². The molecule has 0 saturated heterocycles. The van der Waals surface area contributed by atoms with Gasteiger partial charge in [0.25, 0.3) is 0 Å². The Hall–Kier alpha value is -2.67. The number of aromatic amines is 1. The summed E-state index contributed by atoms with van der Waals surface area (Å²) in [6.45, 7) is 3.93. The minimum Gasteiger partial charge on any atom is -0.494 e. The third-order valence-electron chi connectivity index (χ3n) is 3.96. The van der Waals surface area contributed by atoms with Gasteiger partial charge in [-0.1, -0.05) is 6.07 Å². The maximum absolute atomic E-state index is 13.1. The molecule has 1 aliphatic heterocycles. The van der Waals surface area contributed by atoms with Crippen molar-refractivity contribution in [1.82, 2.24) is 15.0 Å². The van der Waals surface area contributed by atoms with Gasteiger partial charge in [-0.25, -0.2) is 14.2 Å². The highest BCUT2D eigenvalue weighted by atomic mass is 32.2. The van der Waals surface area contributed by atoms with Crippen molar-refractivity contribution in [3.8, 4) is 11.5 Å². The van der Waals surface area contributed by atoms with Crippen molar-refractivity contribution in [2.45, 2.75) is 29.6 Å². The van der Waals surface area contributed by atoms with Crippen LogP contribution in [0.4, 0.5) is 0 Å². The van der Waals surface area contributed by atoms with Gasteiger partial charge in [0.2, 0.25) is 5.16 Å². The molecular formula is C18H17N3O3S. The number of ether oxygens (including phenoxy) is 2. The van der Waals surface area contributed by atoms with Crippen LogP contribution in [-0.4, -0.2) is 31.9 Å². The first-order chi connectivity index (χ1) is 12.0. The summed E-state index contributed by atoms with van der Waals surface area (Å²) in [5.74, 6) is 1.30. The van der Waals surface area contributed by atoms with Gasteiger partial charge in [-0.15, -0.1) is 0 Å². The van der Waals surface area contributed by atoms with E-state index in [0.29, 0.717) is 32.8 Å². The predicted molar refractivity (Wildman–Crippen MR) is 95.3 cm³/mol. The van der Waals surface area contributed by atoms with Crippen molar-refractivity contribution >= 4 is 27.9 Å². The molecule has 0 amide bonds. The number of imidazole rings is 1. The number of H-pyrrole nitrogens is 1. The molecule has 25 heavy (non-hydrogen) atoms. The molecule has 1 unspecified atom stereocenters. The van der Waals surface area contributed by atoms with Crippen molar-refractivity contribution in [3.63, 3.8) is 0 Å². The molecule has 1 N–H and O–H groups in total. The molecule has 3 heterocycles. The summed E-state index contributed by atoms with van der Waals surface area (Å²) in [7, 11) is 0.0139. The molecular weight excluding hydrogens is 338 g/mol. The second kappa shape index (κ2) is 5.70. The highest BCUT2D eigenvalue weighted by Crippen LogP contribution is 2.34. The highest BCUT2D eigenvalue weighted by Gasteiger charge is 2.26. The number of nitrogens with zero attached hydrogens (tertiary/aromatic N) is 2. The van der Waals surface area contributed by atoms with Crippen molar-refractivity contribution < 1.29 is 13.7 Å². The maximum atomic E-state index is 13.1. The zero-order valence-electron chi connectivity index (χ0n) is 14.1. The Labute approximate surface area is 147 Å². The van der Waals surface area contributed by atoms with E-state index in [1.165, 1.54) is 0 Å². The van der Waals surface area contributed by atoms with Crippen LogP contribution in [0.1, 0.15) is 19.4 Å². The normalized spacial score (nSPS) is 16.3. The number of aromatic nitrogens is 3. The summed E-state index contributed by atoms with van der Waals surface area (Å²) < 4.78 is 24.3. The predicted octanol–water partition coefficient (Wildman–Crippen LogP) is 3.32. The third kappa shape index (κ3) is 2.70. The minimum absolute atomic E-state index is 0.332. The number of hydrogen-bond acceptors (Lipinski definition) is 5. The van der Waals surface area contributed by atoms with Gasteiger partial charge in [0.1, 0.15) is 38.4 Å². The van der Waals surface area contributed by atoms with Crippen molar-refractivity contribution in [2.24, 2.45) is 0 Å². The molecule has 0 fully saturated rings. The molecule has 0 aliphatic carbocycles. The van der Waals surface area contributed by atoms with Crippen LogP contribution in [0, 0.1) is 0 Å². The Kier molecular flexibility index (Phi) is 3.61. The molecule has 1 aromatic carbocycles. The lowest BCUT2D eigenvalue weighted by Gasteiger charge is -2.28. The van der Waals surface area contributed by atoms with E-state index in [-0.39, 0.29) is 0 Å². The zero-order chi connectivity index (χ0) is 17.6. The van der Waals surface area contributed by atoms with Crippen LogP contribution in [0.5, 0.6) is 11.5 Å². The van der Waals surface area contributed by atoms with Gasteiger partial charge < -0.3 is 14.5 Å². The number of methoxy groups -OCH3 is 1. The number of benzene rings is 1. The van der Waals surface area contributed by atoms with Gasteiger partial charge >= 0.3 is 0 Å². The molecule has 0 bridgehead atoms. The minimum atomic E-state index is -1.57. The Balaban J connectivity index is 1.80. The zero-order valence-corrected chi connectivity index (χ0v) is 14.9. The Morgan fingerprint density at radius 3 is 2.92 bits per heavy atom. The van der Waals surface area contributed by atoms with E-state index >= 15 is 0 Å². The largest absolute Gasteiger partial charge is 0.494 e. The first-order valence-corrected chi connectivity index (χ1v) is 8.95. The number of rotatable bonds is 3. The molecule has 1 atom stereocenters. The Morgan fingerprint density at radius 2 is 2.12 bits per heavy atom. The van der Waals surface area contributed by atoms with Crippen molar-refractivity contribution in [3.05, 3.63) is 42.1 Å². The summed E-state index contributed by atoms with van der Waals surface area (Å²) in [5.41, 5.74) is 1.72. The average Bonchev–Trinajstić information content (AvgIpc) is 3.03. The van der Waals surface area contributed by atoms with Crippen molar-refractivity contribution in [1.29, 1.82) is 0 Å². The summed E-state index contributed by atoms with van der Waals surface area (Å²) in [5, 5.41) is 0.751. The van der Waals surface area contributed by atoms with Gasteiger partial charge in [0.05, 0.1) is 18.2 Å². The van der Waals surface area contributed by atoms with Gasteiger partial charge in [-0.05, 0) is 44.2 Å². The molecule has 6 nitrogen and oxygen atoms in total. The first kappa shape index (κ1) is 15.8. The summed E-state index contributed by atoms with van der Waals surface area (Å²) >= 11 is 0. The fourth-order valence-corrected chi connectivity index (χ4v) is 3.84. The lowest BCUT2D eigenvalue weighted by Crippen LogP contribution is -2.28. The lowest BCUT2D eigenvalue weighted by molar-refractivity contribution is 0.158. The molecule has 0 saturated carbocycles. The molecule has 7 heteroatoms. The van der Waals surface area contributed by atoms with E-state index in [4.69, 9.17) is 9.47 Å². The van der Waals surface area contributed by atoms with E-state index in [1.54, 1.807) is 19.4 Å². The Bertz CT molecular complexity index is 1020. The second-order valence-corrected chi connectivity index (χ2v) is 7.54. The standard InChI is InChI=1S/C18H17N3O3S/c1-18(2)9-7-11-13(24-18)8-10-19-16(11)25(22)17-20-12-5-4-6-14(23-3)15(12)21-17/h4-10H,1-3H3,(H,20,21). The number of hydrogen-bond donors (Lipinski definition) is 1. The number of pyridine rings is 1. The lowest BCUT2D eigenvalue weighted by atomic mass is 10.0. The maximum Gasteiger partial charge on any atom is 0.204 e. The van der Waals surface area contributed by atoms with Crippen LogP contribution >= 0.6 is 0 Å². The topological polar surface area (TPSA) is 77.1 Å². The monoisotopic (exact) mass is 355 g/mol. The fraction of sp³-hybridized carbons (Fsp3) is 0.222. The second-order valence-electron chi connectivity index (χ2n) is 6.23. The van der Waals surface area contributed by atoms with E-state index in [1.807, 2.05) is 44.2 Å². The molecule has 1 aliphatic rings. The van der Waals surface area contributed by atoms with Crippen molar-refractivity contribution in [2.75, 3.05) is 7.11 Å². The molecule has 128 valence electrons. The van der Waals surface area contributed by atoms with E-state index < -0.39 is 16.4 Å². The third-order valence-corrected chi connectivity index (χ3v) is 5.18. The molecule has 0 radical (unpaired) electrons.